The summed E-state index contributed by atoms with van der Waals surface area (Å²) in [5.41, 5.74) is 0.768. The Morgan fingerprint density at radius 3 is 2.94 bits per heavy atom. The Morgan fingerprint density at radius 1 is 1.53 bits per heavy atom. The molecule has 0 amide bonds. The molecule has 0 saturated carbocycles. The van der Waals surface area contributed by atoms with Crippen molar-refractivity contribution in [2.45, 2.75) is 13.3 Å². The molecule has 92 valence electrons. The fourth-order valence-corrected chi connectivity index (χ4v) is 1.94. The highest BCUT2D eigenvalue weighted by molar-refractivity contribution is 5.61. The minimum atomic E-state index is -0.365. The first-order chi connectivity index (χ1) is 8.11. The molecule has 0 unspecified atom stereocenters. The van der Waals surface area contributed by atoms with Gasteiger partial charge in [-0.2, -0.15) is 0 Å². The molecule has 5 nitrogen and oxygen atoms in total. The lowest BCUT2D eigenvalue weighted by Gasteiger charge is -2.22. The highest BCUT2D eigenvalue weighted by Crippen LogP contribution is 2.30. The van der Waals surface area contributed by atoms with Crippen molar-refractivity contribution in [3.63, 3.8) is 0 Å². The molecule has 0 radical (unpaired) electrons. The number of nitrogens with zero attached hydrogens (tertiary/aromatic N) is 1. The third kappa shape index (κ3) is 2.74. The third-order valence-corrected chi connectivity index (χ3v) is 3.11. The summed E-state index contributed by atoms with van der Waals surface area (Å²) < 4.78 is 5.35. The van der Waals surface area contributed by atoms with E-state index in [0.29, 0.717) is 18.8 Å². The molecule has 0 aromatic heterocycles. The highest BCUT2D eigenvalue weighted by Gasteiger charge is 2.30. The maximum Gasteiger partial charge on any atom is 0.292 e. The summed E-state index contributed by atoms with van der Waals surface area (Å²) >= 11 is 0. The summed E-state index contributed by atoms with van der Waals surface area (Å²) in [6.07, 6.45) is 0.987. The first kappa shape index (κ1) is 11.9. The average molecular weight is 236 g/mol. The maximum atomic E-state index is 10.8. The van der Waals surface area contributed by atoms with Gasteiger partial charge in [0.15, 0.2) is 0 Å². The summed E-state index contributed by atoms with van der Waals surface area (Å²) in [5, 5.41) is 14.0. The molecule has 1 heterocycles. The van der Waals surface area contributed by atoms with Gasteiger partial charge < -0.3 is 10.1 Å². The van der Waals surface area contributed by atoms with Gasteiger partial charge in [-0.25, -0.2) is 0 Å². The Hall–Kier alpha value is -1.62. The smallest absolute Gasteiger partial charge is 0.292 e. The van der Waals surface area contributed by atoms with Crippen LogP contribution < -0.4 is 5.32 Å². The van der Waals surface area contributed by atoms with Crippen molar-refractivity contribution in [2.75, 3.05) is 25.1 Å². The zero-order valence-electron chi connectivity index (χ0n) is 9.81. The zero-order chi connectivity index (χ0) is 12.3. The second-order valence-corrected chi connectivity index (χ2v) is 4.74. The number of anilines is 1. The minimum Gasteiger partial charge on any atom is -0.381 e. The van der Waals surface area contributed by atoms with Gasteiger partial charge in [-0.1, -0.05) is 19.1 Å². The number of hydrogen-bond donors (Lipinski definition) is 1. The molecular formula is C12H16N2O3. The van der Waals surface area contributed by atoms with E-state index in [1.165, 1.54) is 6.07 Å². The van der Waals surface area contributed by atoms with E-state index in [0.717, 1.165) is 13.0 Å². The lowest BCUT2D eigenvalue weighted by atomic mass is 9.90. The molecule has 1 aromatic rings. The lowest BCUT2D eigenvalue weighted by Crippen LogP contribution is -2.26. The van der Waals surface area contributed by atoms with Crippen molar-refractivity contribution in [3.05, 3.63) is 34.4 Å². The third-order valence-electron chi connectivity index (χ3n) is 3.11. The van der Waals surface area contributed by atoms with Crippen LogP contribution in [0, 0.1) is 15.5 Å². The van der Waals surface area contributed by atoms with Crippen LogP contribution in [-0.4, -0.2) is 24.7 Å². The van der Waals surface area contributed by atoms with Crippen LogP contribution >= 0.6 is 0 Å². The van der Waals surface area contributed by atoms with Gasteiger partial charge in [0.25, 0.3) is 5.69 Å². The van der Waals surface area contributed by atoms with Gasteiger partial charge in [-0.3, -0.25) is 10.1 Å². The van der Waals surface area contributed by atoms with Crippen molar-refractivity contribution < 1.29 is 9.66 Å². The summed E-state index contributed by atoms with van der Waals surface area (Å²) in [6.45, 7) is 4.30. The Bertz CT molecular complexity index is 414. The van der Waals surface area contributed by atoms with Crippen LogP contribution in [0.15, 0.2) is 24.3 Å². The number of nitro groups is 1. The first-order valence-corrected chi connectivity index (χ1v) is 5.66. The van der Waals surface area contributed by atoms with Crippen molar-refractivity contribution in [2.24, 2.45) is 5.41 Å². The van der Waals surface area contributed by atoms with Gasteiger partial charge in [-0.05, 0) is 12.5 Å². The predicted octanol–water partition coefficient (Wildman–Crippen LogP) is 2.43. The van der Waals surface area contributed by atoms with E-state index in [1.54, 1.807) is 18.2 Å². The molecule has 17 heavy (non-hydrogen) atoms. The van der Waals surface area contributed by atoms with E-state index in [2.05, 4.69) is 12.2 Å². The number of ether oxygens (including phenoxy) is 1. The van der Waals surface area contributed by atoms with Crippen LogP contribution in [0.3, 0.4) is 0 Å². The van der Waals surface area contributed by atoms with Gasteiger partial charge in [0.1, 0.15) is 5.69 Å². The van der Waals surface area contributed by atoms with E-state index >= 15 is 0 Å². The van der Waals surface area contributed by atoms with Crippen LogP contribution in [0.1, 0.15) is 13.3 Å². The lowest BCUT2D eigenvalue weighted by molar-refractivity contribution is -0.384. The predicted molar refractivity (Wildman–Crippen MR) is 65.1 cm³/mol. The van der Waals surface area contributed by atoms with E-state index < -0.39 is 0 Å². The van der Waals surface area contributed by atoms with E-state index in [4.69, 9.17) is 4.74 Å². The number of rotatable bonds is 4. The van der Waals surface area contributed by atoms with Crippen LogP contribution in [-0.2, 0) is 4.74 Å². The molecule has 1 aliphatic heterocycles. The molecule has 5 heteroatoms. The number of nitrogens with one attached hydrogen (secondary N) is 1. The molecule has 1 atom stereocenters. The first-order valence-electron chi connectivity index (χ1n) is 5.66. The number of hydrogen-bond acceptors (Lipinski definition) is 4. The number of nitro benzene ring substituents is 1. The molecule has 0 bridgehead atoms. The largest absolute Gasteiger partial charge is 0.381 e. The van der Waals surface area contributed by atoms with Crippen LogP contribution in [0.2, 0.25) is 0 Å². The van der Waals surface area contributed by atoms with Crippen molar-refractivity contribution in [1.29, 1.82) is 0 Å². The van der Waals surface area contributed by atoms with Crippen molar-refractivity contribution in [3.8, 4) is 0 Å². The second kappa shape index (κ2) is 4.71. The van der Waals surface area contributed by atoms with Gasteiger partial charge in [-0.15, -0.1) is 0 Å². The minimum absolute atomic E-state index is 0.0731. The van der Waals surface area contributed by atoms with Crippen LogP contribution in [0.4, 0.5) is 11.4 Å². The van der Waals surface area contributed by atoms with E-state index in [-0.39, 0.29) is 16.0 Å². The molecule has 1 aliphatic rings. The number of benzene rings is 1. The topological polar surface area (TPSA) is 64.4 Å². The van der Waals surface area contributed by atoms with Crippen LogP contribution in [0.5, 0.6) is 0 Å². The molecule has 1 aromatic carbocycles. The molecule has 1 saturated heterocycles. The van der Waals surface area contributed by atoms with Gasteiger partial charge in [0.2, 0.25) is 0 Å². The summed E-state index contributed by atoms with van der Waals surface area (Å²) in [4.78, 5) is 10.5. The normalized spacial score (nSPS) is 23.6. The standard InChI is InChI=1S/C12H16N2O3/c1-12(6-7-17-9-12)8-13-10-4-2-3-5-11(10)14(15)16/h2-5,13H,6-9H2,1H3/t12-/m1/s1. The Labute approximate surface area is 99.9 Å². The Morgan fingerprint density at radius 2 is 2.29 bits per heavy atom. The Kier molecular flexibility index (Phi) is 3.28. The van der Waals surface area contributed by atoms with Gasteiger partial charge in [0.05, 0.1) is 11.5 Å². The molecular weight excluding hydrogens is 220 g/mol. The van der Waals surface area contributed by atoms with E-state index in [9.17, 15) is 10.1 Å². The quantitative estimate of drug-likeness (QED) is 0.644. The monoisotopic (exact) mass is 236 g/mol. The summed E-state index contributed by atoms with van der Waals surface area (Å²) in [5.74, 6) is 0. The fourth-order valence-electron chi connectivity index (χ4n) is 1.94. The zero-order valence-corrected chi connectivity index (χ0v) is 9.81. The van der Waals surface area contributed by atoms with Crippen molar-refractivity contribution >= 4 is 11.4 Å². The highest BCUT2D eigenvalue weighted by atomic mass is 16.6. The van der Waals surface area contributed by atoms with Crippen molar-refractivity contribution in [1.82, 2.24) is 0 Å². The van der Waals surface area contributed by atoms with Gasteiger partial charge >= 0.3 is 0 Å². The second-order valence-electron chi connectivity index (χ2n) is 4.74. The SMILES string of the molecule is C[C@]1(CNc2ccccc2[N+](=O)[O-])CCOC1. The van der Waals surface area contributed by atoms with E-state index in [1.807, 2.05) is 0 Å². The summed E-state index contributed by atoms with van der Waals surface area (Å²) in [7, 11) is 0. The molecule has 2 rings (SSSR count). The van der Waals surface area contributed by atoms with Gasteiger partial charge in [0, 0.05) is 24.6 Å². The fraction of sp³-hybridized carbons (Fsp3) is 0.500. The molecule has 0 aliphatic carbocycles. The summed E-state index contributed by atoms with van der Waals surface area (Å²) in [6, 6.07) is 6.71. The molecule has 1 fully saturated rings. The molecule has 1 N–H and O–H groups in total. The Balaban J connectivity index is 2.06. The average Bonchev–Trinajstić information content (AvgIpc) is 2.74. The molecule has 0 spiro atoms. The number of para-hydroxylation sites is 2. The van der Waals surface area contributed by atoms with Crippen LogP contribution in [0.25, 0.3) is 0 Å². The maximum absolute atomic E-state index is 10.8.